The van der Waals surface area contributed by atoms with E-state index in [-0.39, 0.29) is 44.3 Å². The molecule has 8 nitrogen and oxygen atoms in total. The summed E-state index contributed by atoms with van der Waals surface area (Å²) >= 11 is 1.20. The number of carbonyl (C=O) groups is 3. The third-order valence-corrected chi connectivity index (χ3v) is 5.57. The van der Waals surface area contributed by atoms with Crippen LogP contribution in [0.25, 0.3) is 0 Å². The van der Waals surface area contributed by atoms with Crippen molar-refractivity contribution in [3.8, 4) is 0 Å². The van der Waals surface area contributed by atoms with Crippen LogP contribution in [0, 0.1) is 11.6 Å². The number of hydrogen-bond acceptors (Lipinski definition) is 6. The first-order valence-corrected chi connectivity index (χ1v) is 11.6. The molecular weight excluding hydrogens is 478 g/mol. The van der Waals surface area contributed by atoms with Crippen molar-refractivity contribution in [1.82, 2.24) is 20.5 Å². The molecule has 0 spiro atoms. The van der Waals surface area contributed by atoms with Gasteiger partial charge in [0.15, 0.2) is 0 Å². The van der Waals surface area contributed by atoms with E-state index in [2.05, 4.69) is 15.6 Å². The summed E-state index contributed by atoms with van der Waals surface area (Å²) in [5.74, 6) is -1.74. The van der Waals surface area contributed by atoms with Gasteiger partial charge in [-0.2, -0.15) is 0 Å². The van der Waals surface area contributed by atoms with Crippen molar-refractivity contribution >= 4 is 29.2 Å². The molecule has 11 heteroatoms. The van der Waals surface area contributed by atoms with Crippen molar-refractivity contribution < 1.29 is 27.9 Å². The Morgan fingerprint density at radius 3 is 2.20 bits per heavy atom. The number of amides is 3. The number of esters is 1. The topological polar surface area (TPSA) is 101 Å². The molecule has 0 radical (unpaired) electrons. The highest BCUT2D eigenvalue weighted by Gasteiger charge is 2.19. The van der Waals surface area contributed by atoms with E-state index in [1.165, 1.54) is 40.5 Å². The monoisotopic (exact) mass is 502 g/mol. The van der Waals surface area contributed by atoms with Crippen molar-refractivity contribution in [2.24, 2.45) is 0 Å². The first-order valence-electron chi connectivity index (χ1n) is 10.7. The van der Waals surface area contributed by atoms with Gasteiger partial charge in [-0.15, -0.1) is 11.3 Å². The van der Waals surface area contributed by atoms with Gasteiger partial charge in [0.2, 0.25) is 0 Å². The Morgan fingerprint density at radius 2 is 1.57 bits per heavy atom. The Balaban J connectivity index is 1.65. The first kappa shape index (κ1) is 25.8. The summed E-state index contributed by atoms with van der Waals surface area (Å²) in [5, 5.41) is 7.28. The van der Waals surface area contributed by atoms with Crippen LogP contribution >= 0.6 is 11.3 Å². The van der Waals surface area contributed by atoms with Gasteiger partial charge in [0.25, 0.3) is 5.91 Å². The molecule has 3 aromatic rings. The molecule has 0 bridgehead atoms. The zero-order valence-corrected chi connectivity index (χ0v) is 19.7. The average Bonchev–Trinajstić information content (AvgIpc) is 3.32. The van der Waals surface area contributed by atoms with Crippen molar-refractivity contribution in [3.63, 3.8) is 0 Å². The summed E-state index contributed by atoms with van der Waals surface area (Å²) in [6.07, 6.45) is 0. The minimum atomic E-state index is -0.572. The molecule has 0 aliphatic rings. The summed E-state index contributed by atoms with van der Waals surface area (Å²) in [5.41, 5.74) is 1.59. The fourth-order valence-electron chi connectivity index (χ4n) is 3.01. The highest BCUT2D eigenvalue weighted by atomic mass is 32.1. The van der Waals surface area contributed by atoms with E-state index in [9.17, 15) is 23.2 Å². The number of halogens is 2. The lowest BCUT2D eigenvalue weighted by Gasteiger charge is -2.22. The van der Waals surface area contributed by atoms with Crippen LogP contribution in [0.2, 0.25) is 0 Å². The predicted octanol–water partition coefficient (Wildman–Crippen LogP) is 3.63. The molecule has 0 saturated carbocycles. The number of urea groups is 1. The Morgan fingerprint density at radius 1 is 0.943 bits per heavy atom. The molecule has 0 atom stereocenters. The largest absolute Gasteiger partial charge is 0.465 e. The molecule has 2 N–H and O–H groups in total. The van der Waals surface area contributed by atoms with Crippen molar-refractivity contribution in [3.05, 3.63) is 87.4 Å². The van der Waals surface area contributed by atoms with Gasteiger partial charge >= 0.3 is 12.0 Å². The molecule has 1 aromatic heterocycles. The Kier molecular flexibility index (Phi) is 9.24. The Hall–Kier alpha value is -3.86. The van der Waals surface area contributed by atoms with E-state index in [4.69, 9.17) is 4.74 Å². The number of benzene rings is 2. The molecule has 184 valence electrons. The standard InChI is InChI=1S/C24H24F2N4O4S/c1-2-34-22(31)12-28-24(33)30(13-17-5-9-19(26)10-6-17)14-21-29-20(15-35-21)23(32)27-11-16-3-7-18(25)8-4-16/h3-10,15H,2,11-14H2,1H3,(H,27,32)(H,28,33). The molecule has 0 aliphatic heterocycles. The van der Waals surface area contributed by atoms with Gasteiger partial charge in [-0.05, 0) is 42.3 Å². The number of rotatable bonds is 10. The van der Waals surface area contributed by atoms with Crippen LogP contribution in [-0.4, -0.2) is 40.9 Å². The van der Waals surface area contributed by atoms with Crippen LogP contribution in [-0.2, 0) is 29.2 Å². The third-order valence-electron chi connectivity index (χ3n) is 4.74. The number of nitrogens with one attached hydrogen (secondary N) is 2. The molecule has 0 saturated heterocycles. The highest BCUT2D eigenvalue weighted by Crippen LogP contribution is 2.16. The van der Waals surface area contributed by atoms with Crippen LogP contribution in [0.1, 0.15) is 33.5 Å². The van der Waals surface area contributed by atoms with E-state index < -0.39 is 23.7 Å². The molecule has 0 aliphatic carbocycles. The zero-order valence-electron chi connectivity index (χ0n) is 18.9. The van der Waals surface area contributed by atoms with Gasteiger partial charge in [-0.1, -0.05) is 24.3 Å². The van der Waals surface area contributed by atoms with Gasteiger partial charge in [0.1, 0.15) is 28.9 Å². The fourth-order valence-corrected chi connectivity index (χ4v) is 3.80. The smallest absolute Gasteiger partial charge is 0.325 e. The van der Waals surface area contributed by atoms with E-state index in [1.54, 1.807) is 36.6 Å². The van der Waals surface area contributed by atoms with Crippen molar-refractivity contribution in [1.29, 1.82) is 0 Å². The number of thiazole rings is 1. The molecule has 1 heterocycles. The van der Waals surface area contributed by atoms with Gasteiger partial charge in [0.05, 0.1) is 13.2 Å². The van der Waals surface area contributed by atoms with Crippen LogP contribution in [0.5, 0.6) is 0 Å². The molecule has 35 heavy (non-hydrogen) atoms. The summed E-state index contributed by atoms with van der Waals surface area (Å²) < 4.78 is 31.1. The molecule has 2 aromatic carbocycles. The van der Waals surface area contributed by atoms with Gasteiger partial charge < -0.3 is 20.3 Å². The predicted molar refractivity (Wildman–Crippen MR) is 125 cm³/mol. The van der Waals surface area contributed by atoms with Crippen molar-refractivity contribution in [2.75, 3.05) is 13.2 Å². The van der Waals surface area contributed by atoms with Gasteiger partial charge in [0, 0.05) is 18.5 Å². The molecule has 0 fully saturated rings. The number of hydrogen-bond donors (Lipinski definition) is 2. The second-order valence-electron chi connectivity index (χ2n) is 7.38. The maximum absolute atomic E-state index is 13.3. The van der Waals surface area contributed by atoms with Crippen LogP contribution in [0.3, 0.4) is 0 Å². The maximum Gasteiger partial charge on any atom is 0.325 e. The summed E-state index contributed by atoms with van der Waals surface area (Å²) in [6.45, 7) is 1.94. The lowest BCUT2D eigenvalue weighted by molar-refractivity contribution is -0.141. The lowest BCUT2D eigenvalue weighted by Crippen LogP contribution is -2.41. The second-order valence-corrected chi connectivity index (χ2v) is 8.32. The SMILES string of the molecule is CCOC(=O)CNC(=O)N(Cc1ccc(F)cc1)Cc1nc(C(=O)NCc2ccc(F)cc2)cs1. The summed E-state index contributed by atoms with van der Waals surface area (Å²) in [4.78, 5) is 42.5. The maximum atomic E-state index is 13.3. The van der Waals surface area contributed by atoms with Gasteiger partial charge in [-0.3, -0.25) is 9.59 Å². The minimum absolute atomic E-state index is 0.0575. The van der Waals surface area contributed by atoms with E-state index in [0.29, 0.717) is 10.6 Å². The molecule has 3 rings (SSSR count). The normalized spacial score (nSPS) is 10.5. The number of nitrogens with zero attached hydrogens (tertiary/aromatic N) is 2. The second kappa shape index (κ2) is 12.6. The third kappa shape index (κ3) is 8.14. The van der Waals surface area contributed by atoms with E-state index in [1.807, 2.05) is 0 Å². The number of ether oxygens (including phenoxy) is 1. The molecular formula is C24H24F2N4O4S. The first-order chi connectivity index (χ1) is 16.8. The van der Waals surface area contributed by atoms with Crippen LogP contribution in [0.15, 0.2) is 53.9 Å². The fraction of sp³-hybridized carbons (Fsp3) is 0.250. The summed E-state index contributed by atoms with van der Waals surface area (Å²) in [7, 11) is 0. The zero-order chi connectivity index (χ0) is 25.2. The van der Waals surface area contributed by atoms with Crippen LogP contribution < -0.4 is 10.6 Å². The summed E-state index contributed by atoms with van der Waals surface area (Å²) in [6, 6.07) is 10.9. The highest BCUT2D eigenvalue weighted by molar-refractivity contribution is 7.09. The van der Waals surface area contributed by atoms with Gasteiger partial charge in [-0.25, -0.2) is 18.6 Å². The number of aromatic nitrogens is 1. The van der Waals surface area contributed by atoms with E-state index >= 15 is 0 Å². The van der Waals surface area contributed by atoms with Crippen molar-refractivity contribution in [2.45, 2.75) is 26.6 Å². The van der Waals surface area contributed by atoms with Crippen LogP contribution in [0.4, 0.5) is 13.6 Å². The average molecular weight is 503 g/mol. The Bertz CT molecular complexity index is 1150. The quantitative estimate of drug-likeness (QED) is 0.413. The molecule has 3 amide bonds. The Labute approximate surface area is 204 Å². The minimum Gasteiger partial charge on any atom is -0.465 e. The lowest BCUT2D eigenvalue weighted by atomic mass is 10.2. The molecule has 0 unspecified atom stereocenters. The van der Waals surface area contributed by atoms with E-state index in [0.717, 1.165) is 5.56 Å². The number of carbonyl (C=O) groups excluding carboxylic acids is 3.